The Hall–Kier alpha value is -2.58. The van der Waals surface area contributed by atoms with Crippen LogP contribution in [0.15, 0.2) is 24.3 Å². The molecule has 0 aromatic heterocycles. The lowest BCUT2D eigenvalue weighted by Crippen LogP contribution is -2.35. The van der Waals surface area contributed by atoms with Gasteiger partial charge in [-0.05, 0) is 23.8 Å². The molecule has 4 atom stereocenters. The molecule has 3 rings (SSSR count). The summed E-state index contributed by atoms with van der Waals surface area (Å²) in [6.07, 6.45) is 0.896. The third kappa shape index (κ3) is 3.97. The van der Waals surface area contributed by atoms with Crippen LogP contribution in [0.4, 0.5) is 0 Å². The summed E-state index contributed by atoms with van der Waals surface area (Å²) < 4.78 is 26.7. The summed E-state index contributed by atoms with van der Waals surface area (Å²) in [5, 5.41) is 9.57. The predicted molar refractivity (Wildman–Crippen MR) is 88.6 cm³/mol. The van der Waals surface area contributed by atoms with Crippen molar-refractivity contribution in [2.24, 2.45) is 0 Å². The lowest BCUT2D eigenvalue weighted by molar-refractivity contribution is -0.151. The first-order chi connectivity index (χ1) is 12.5. The number of phenolic OH excluding ortho intramolecular Hbond substituents is 1. The Labute approximate surface area is 150 Å². The van der Waals surface area contributed by atoms with Gasteiger partial charge in [-0.1, -0.05) is 6.07 Å². The maximum absolute atomic E-state index is 12.1. The predicted octanol–water partition coefficient (Wildman–Crippen LogP) is 1.06. The smallest absolute Gasteiger partial charge is 0.331 e. The summed E-state index contributed by atoms with van der Waals surface area (Å²) in [6, 6.07) is 4.71. The van der Waals surface area contributed by atoms with E-state index in [0.717, 1.165) is 0 Å². The van der Waals surface area contributed by atoms with E-state index < -0.39 is 36.4 Å². The number of carbonyl (C=O) groups excluding carboxylic acids is 2. The maximum atomic E-state index is 12.1. The van der Waals surface area contributed by atoms with E-state index in [1.54, 1.807) is 18.2 Å². The highest BCUT2D eigenvalue weighted by atomic mass is 16.7. The Morgan fingerprint density at radius 3 is 2.42 bits per heavy atom. The summed E-state index contributed by atoms with van der Waals surface area (Å²) in [5.41, 5.74) is 0.671. The molecule has 2 aliphatic heterocycles. The summed E-state index contributed by atoms with van der Waals surface area (Å²) in [6.45, 7) is 1.72. The number of ether oxygens (including phenoxy) is 5. The molecular weight excluding hydrogens is 344 g/mol. The van der Waals surface area contributed by atoms with Crippen LogP contribution in [0.5, 0.6) is 11.5 Å². The number of methoxy groups -OCH3 is 1. The molecule has 140 valence electrons. The minimum atomic E-state index is -0.563. The molecule has 2 saturated heterocycles. The highest BCUT2D eigenvalue weighted by Gasteiger charge is 2.50. The van der Waals surface area contributed by atoms with Crippen LogP contribution in [0.3, 0.4) is 0 Å². The minimum absolute atomic E-state index is 0.0158. The van der Waals surface area contributed by atoms with E-state index in [1.807, 2.05) is 0 Å². The molecule has 0 radical (unpaired) electrons. The van der Waals surface area contributed by atoms with Gasteiger partial charge in [-0.25, -0.2) is 4.79 Å². The Balaban J connectivity index is 1.57. The molecule has 0 aliphatic carbocycles. The van der Waals surface area contributed by atoms with Crippen molar-refractivity contribution < 1.29 is 38.4 Å². The molecule has 8 heteroatoms. The fourth-order valence-corrected chi connectivity index (χ4v) is 2.99. The van der Waals surface area contributed by atoms with Crippen LogP contribution in [0.2, 0.25) is 0 Å². The van der Waals surface area contributed by atoms with Crippen molar-refractivity contribution in [1.29, 1.82) is 0 Å². The van der Waals surface area contributed by atoms with Crippen LogP contribution in [0, 0.1) is 0 Å². The second kappa shape index (κ2) is 7.76. The van der Waals surface area contributed by atoms with Gasteiger partial charge in [-0.2, -0.15) is 0 Å². The van der Waals surface area contributed by atoms with Crippen LogP contribution in [0.1, 0.15) is 12.5 Å². The highest BCUT2D eigenvalue weighted by Crippen LogP contribution is 2.31. The van der Waals surface area contributed by atoms with Crippen molar-refractivity contribution >= 4 is 18.0 Å². The first-order valence-corrected chi connectivity index (χ1v) is 8.14. The van der Waals surface area contributed by atoms with E-state index in [4.69, 9.17) is 23.7 Å². The number of hydrogen-bond donors (Lipinski definition) is 1. The summed E-state index contributed by atoms with van der Waals surface area (Å²) >= 11 is 0. The van der Waals surface area contributed by atoms with Gasteiger partial charge in [0.25, 0.3) is 0 Å². The molecule has 2 heterocycles. The third-order valence-electron chi connectivity index (χ3n) is 4.16. The zero-order valence-electron chi connectivity index (χ0n) is 14.4. The van der Waals surface area contributed by atoms with Gasteiger partial charge in [0.05, 0.1) is 20.3 Å². The second-order valence-corrected chi connectivity index (χ2v) is 5.98. The lowest BCUT2D eigenvalue weighted by Gasteiger charge is -2.16. The van der Waals surface area contributed by atoms with E-state index in [1.165, 1.54) is 26.2 Å². The van der Waals surface area contributed by atoms with Gasteiger partial charge in [0.15, 0.2) is 23.7 Å². The molecule has 0 bridgehead atoms. The average molecular weight is 364 g/mol. The normalized spacial score (nSPS) is 27.3. The number of carbonyl (C=O) groups is 2. The van der Waals surface area contributed by atoms with Gasteiger partial charge < -0.3 is 28.8 Å². The van der Waals surface area contributed by atoms with Gasteiger partial charge in [-0.3, -0.25) is 4.79 Å². The van der Waals surface area contributed by atoms with Gasteiger partial charge in [0.2, 0.25) is 0 Å². The zero-order valence-corrected chi connectivity index (χ0v) is 14.4. The standard InChI is InChI=1S/C18H20O8/c1-10(19)25-14-8-23-18-15(9-24-17(14)18)26-16(21)6-4-11-3-5-12(20)13(7-11)22-2/h3-7,14-15,17-18,20H,8-9H2,1-2H3/t14-,15+,17+,18+/m0/s1. The van der Waals surface area contributed by atoms with Crippen molar-refractivity contribution in [2.45, 2.75) is 31.3 Å². The number of esters is 2. The average Bonchev–Trinajstić information content (AvgIpc) is 3.17. The first-order valence-electron chi connectivity index (χ1n) is 8.14. The van der Waals surface area contributed by atoms with Gasteiger partial charge in [-0.15, -0.1) is 0 Å². The molecule has 8 nitrogen and oxygen atoms in total. The minimum Gasteiger partial charge on any atom is -0.504 e. The first kappa shape index (κ1) is 18.2. The van der Waals surface area contributed by atoms with Crippen molar-refractivity contribution in [1.82, 2.24) is 0 Å². The summed E-state index contributed by atoms with van der Waals surface area (Å²) in [7, 11) is 1.44. The van der Waals surface area contributed by atoms with Gasteiger partial charge in [0, 0.05) is 13.0 Å². The molecule has 2 aliphatic rings. The quantitative estimate of drug-likeness (QED) is 0.611. The monoisotopic (exact) mass is 364 g/mol. The number of hydrogen-bond acceptors (Lipinski definition) is 8. The number of rotatable bonds is 5. The summed E-state index contributed by atoms with van der Waals surface area (Å²) in [4.78, 5) is 23.1. The van der Waals surface area contributed by atoms with E-state index in [9.17, 15) is 14.7 Å². The van der Waals surface area contributed by atoms with E-state index in [-0.39, 0.29) is 19.0 Å². The molecule has 1 N–H and O–H groups in total. The molecule has 1 aromatic rings. The maximum Gasteiger partial charge on any atom is 0.331 e. The zero-order chi connectivity index (χ0) is 18.7. The molecule has 0 amide bonds. The van der Waals surface area contributed by atoms with E-state index >= 15 is 0 Å². The number of fused-ring (bicyclic) bond motifs is 1. The molecule has 2 fully saturated rings. The Morgan fingerprint density at radius 1 is 1.15 bits per heavy atom. The fourth-order valence-electron chi connectivity index (χ4n) is 2.99. The molecule has 26 heavy (non-hydrogen) atoms. The van der Waals surface area contributed by atoms with Gasteiger partial charge >= 0.3 is 11.9 Å². The molecule has 0 unspecified atom stereocenters. The Kier molecular flexibility index (Phi) is 5.43. The van der Waals surface area contributed by atoms with Crippen LogP contribution in [-0.4, -0.2) is 61.8 Å². The summed E-state index contributed by atoms with van der Waals surface area (Å²) in [5.74, 6) is -0.633. The van der Waals surface area contributed by atoms with Crippen molar-refractivity contribution in [3.63, 3.8) is 0 Å². The van der Waals surface area contributed by atoms with E-state index in [0.29, 0.717) is 11.3 Å². The van der Waals surface area contributed by atoms with Crippen LogP contribution < -0.4 is 4.74 Å². The van der Waals surface area contributed by atoms with Crippen molar-refractivity contribution in [2.75, 3.05) is 20.3 Å². The molecule has 1 aromatic carbocycles. The SMILES string of the molecule is COc1cc(C=CC(=O)O[C@@H]2CO[C@H]3[C@@H]2OC[C@@H]3OC(C)=O)ccc1O. The number of benzene rings is 1. The van der Waals surface area contributed by atoms with E-state index in [2.05, 4.69) is 0 Å². The number of aromatic hydroxyl groups is 1. The van der Waals surface area contributed by atoms with Crippen molar-refractivity contribution in [3.8, 4) is 11.5 Å². The molecular formula is C18H20O8. The molecule has 0 saturated carbocycles. The fraction of sp³-hybridized carbons (Fsp3) is 0.444. The molecule has 0 spiro atoms. The topological polar surface area (TPSA) is 101 Å². The van der Waals surface area contributed by atoms with Crippen LogP contribution in [-0.2, 0) is 28.5 Å². The largest absolute Gasteiger partial charge is 0.504 e. The Bertz CT molecular complexity index is 713. The number of phenols is 1. The third-order valence-corrected chi connectivity index (χ3v) is 4.16. The highest BCUT2D eigenvalue weighted by molar-refractivity contribution is 5.87. The van der Waals surface area contributed by atoms with Crippen molar-refractivity contribution in [3.05, 3.63) is 29.8 Å². The second-order valence-electron chi connectivity index (χ2n) is 5.98. The van der Waals surface area contributed by atoms with Gasteiger partial charge in [0.1, 0.15) is 12.2 Å². The lowest BCUT2D eigenvalue weighted by atomic mass is 10.1. The Morgan fingerprint density at radius 2 is 1.81 bits per heavy atom. The van der Waals surface area contributed by atoms with Crippen LogP contribution >= 0.6 is 0 Å². The van der Waals surface area contributed by atoms with Crippen LogP contribution in [0.25, 0.3) is 6.08 Å².